The third-order valence-electron chi connectivity index (χ3n) is 2.14. The normalized spacial score (nSPS) is 19.8. The average molecular weight is 276 g/mol. The van der Waals surface area contributed by atoms with E-state index in [1.807, 2.05) is 10.2 Å². The lowest BCUT2D eigenvalue weighted by Crippen LogP contribution is -2.42. The van der Waals surface area contributed by atoms with Gasteiger partial charge in [-0.15, -0.1) is 0 Å². The second-order valence-corrected chi connectivity index (χ2v) is 5.02. The number of H-pyrrole nitrogens is 1. The summed E-state index contributed by atoms with van der Waals surface area (Å²) in [6.45, 7) is -0.186. The van der Waals surface area contributed by atoms with Crippen molar-refractivity contribution < 1.29 is 28.0 Å². The predicted octanol–water partition coefficient (Wildman–Crippen LogP) is -2.18. The predicted molar refractivity (Wildman–Crippen MR) is 53.8 cm³/mol. The van der Waals surface area contributed by atoms with Crippen LogP contribution >= 0.6 is 0 Å². The van der Waals surface area contributed by atoms with Gasteiger partial charge >= 0.3 is 5.97 Å². The maximum atomic E-state index is 11.8. The molecule has 0 unspecified atom stereocenters. The molecule has 0 spiro atoms. The van der Waals surface area contributed by atoms with Crippen molar-refractivity contribution >= 4 is 21.9 Å². The number of carboxylic acids is 1. The van der Waals surface area contributed by atoms with Crippen LogP contribution in [0.5, 0.6) is 0 Å². The van der Waals surface area contributed by atoms with Crippen molar-refractivity contribution in [1.82, 2.24) is 20.4 Å². The minimum atomic E-state index is -4.20. The highest BCUT2D eigenvalue weighted by Gasteiger charge is 2.33. The van der Waals surface area contributed by atoms with Crippen LogP contribution in [0.3, 0.4) is 0 Å². The number of carbonyl (C=O) groups excluding carboxylic acids is 1. The summed E-state index contributed by atoms with van der Waals surface area (Å²) in [5.41, 5.74) is 1.45. The number of aromatic carboxylic acids is 1. The number of hydroxylamine groups is 1. The van der Waals surface area contributed by atoms with Crippen molar-refractivity contribution in [2.45, 2.75) is 11.1 Å². The van der Waals surface area contributed by atoms with Crippen LogP contribution in [0.25, 0.3) is 0 Å². The van der Waals surface area contributed by atoms with E-state index in [4.69, 9.17) is 5.11 Å². The number of amides is 1. The molecule has 0 aromatic carbocycles. The van der Waals surface area contributed by atoms with Gasteiger partial charge in [-0.1, -0.05) is 0 Å². The van der Waals surface area contributed by atoms with Gasteiger partial charge in [0, 0.05) is 0 Å². The maximum Gasteiger partial charge on any atom is 0.340 e. The highest BCUT2D eigenvalue weighted by atomic mass is 32.2. The molecular formula is C7H8N4O6S. The molecule has 0 aliphatic carbocycles. The van der Waals surface area contributed by atoms with E-state index < -0.39 is 38.5 Å². The standard InChI is InChI=1S/C7H8N4O6S/c12-5-4(2-17-10-5)11-18(15,16)6-3(7(13)14)1-8-9-6/h1,4,11H,2H2,(H,8,9)(H,10,12)(H,13,14)/t4-/m1/s1. The average Bonchev–Trinajstić information content (AvgIpc) is 2.88. The Morgan fingerprint density at radius 1 is 1.61 bits per heavy atom. The van der Waals surface area contributed by atoms with E-state index in [0.29, 0.717) is 0 Å². The minimum absolute atomic E-state index is 0.186. The molecule has 0 bridgehead atoms. The molecule has 1 saturated heterocycles. The number of rotatable bonds is 4. The molecule has 10 nitrogen and oxygen atoms in total. The first-order valence-corrected chi connectivity index (χ1v) is 6.11. The highest BCUT2D eigenvalue weighted by molar-refractivity contribution is 7.89. The van der Waals surface area contributed by atoms with Gasteiger partial charge in [-0.3, -0.25) is 14.7 Å². The van der Waals surface area contributed by atoms with E-state index in [2.05, 4.69) is 15.0 Å². The molecule has 1 aliphatic rings. The Morgan fingerprint density at radius 3 is 2.89 bits per heavy atom. The summed E-state index contributed by atoms with van der Waals surface area (Å²) in [5, 5.41) is 13.6. The Kier molecular flexibility index (Phi) is 3.02. The molecule has 4 N–H and O–H groups in total. The van der Waals surface area contributed by atoms with Crippen LogP contribution in [0.1, 0.15) is 10.4 Å². The van der Waals surface area contributed by atoms with Crippen molar-refractivity contribution in [2.75, 3.05) is 6.61 Å². The molecular weight excluding hydrogens is 268 g/mol. The Labute approximate surface area is 100 Å². The number of hydrogen-bond acceptors (Lipinski definition) is 6. The topological polar surface area (TPSA) is 150 Å². The molecule has 2 rings (SSSR count). The quantitative estimate of drug-likeness (QED) is 0.488. The summed E-state index contributed by atoms with van der Waals surface area (Å²) >= 11 is 0. The van der Waals surface area contributed by atoms with Crippen molar-refractivity contribution in [3.63, 3.8) is 0 Å². The molecule has 1 aliphatic heterocycles. The zero-order valence-electron chi connectivity index (χ0n) is 8.71. The number of sulfonamides is 1. The van der Waals surface area contributed by atoms with Gasteiger partial charge in [0.15, 0.2) is 5.03 Å². The van der Waals surface area contributed by atoms with Gasteiger partial charge in [0.2, 0.25) is 0 Å². The molecule has 98 valence electrons. The molecule has 1 aromatic rings. The smallest absolute Gasteiger partial charge is 0.340 e. The number of hydrogen-bond donors (Lipinski definition) is 4. The van der Waals surface area contributed by atoms with Gasteiger partial charge in [-0.2, -0.15) is 9.82 Å². The lowest BCUT2D eigenvalue weighted by Gasteiger charge is -2.08. The molecule has 11 heteroatoms. The fraction of sp³-hybridized carbons (Fsp3) is 0.286. The van der Waals surface area contributed by atoms with Gasteiger partial charge in [-0.25, -0.2) is 18.7 Å². The van der Waals surface area contributed by atoms with Crippen LogP contribution in [0.15, 0.2) is 11.2 Å². The zero-order chi connectivity index (χ0) is 13.3. The summed E-state index contributed by atoms with van der Waals surface area (Å²) in [6, 6.07) is -1.11. The maximum absolute atomic E-state index is 11.8. The lowest BCUT2D eigenvalue weighted by atomic mass is 10.3. The van der Waals surface area contributed by atoms with E-state index in [1.165, 1.54) is 0 Å². The van der Waals surface area contributed by atoms with Crippen LogP contribution in [0.2, 0.25) is 0 Å². The van der Waals surface area contributed by atoms with Crippen LogP contribution < -0.4 is 10.2 Å². The number of aromatic nitrogens is 2. The van der Waals surface area contributed by atoms with E-state index in [1.54, 1.807) is 0 Å². The number of nitrogens with one attached hydrogen (secondary N) is 3. The largest absolute Gasteiger partial charge is 0.478 e. The van der Waals surface area contributed by atoms with Gasteiger partial charge < -0.3 is 5.11 Å². The van der Waals surface area contributed by atoms with Gasteiger partial charge in [0.25, 0.3) is 15.9 Å². The molecule has 2 heterocycles. The molecule has 1 atom stereocenters. The molecule has 1 fully saturated rings. The van der Waals surface area contributed by atoms with Crippen LogP contribution in [0, 0.1) is 0 Å². The van der Waals surface area contributed by atoms with Crippen molar-refractivity contribution in [3.8, 4) is 0 Å². The molecule has 1 amide bonds. The number of carboxylic acid groups (broad SMARTS) is 1. The summed E-state index contributed by atoms with van der Waals surface area (Å²) < 4.78 is 25.7. The Hall–Kier alpha value is -1.98. The van der Waals surface area contributed by atoms with Crippen LogP contribution in [0.4, 0.5) is 0 Å². The number of aromatic amines is 1. The molecule has 0 saturated carbocycles. The molecule has 1 aromatic heterocycles. The molecule has 0 radical (unpaired) electrons. The number of nitrogens with zero attached hydrogens (tertiary/aromatic N) is 1. The zero-order valence-corrected chi connectivity index (χ0v) is 9.52. The first-order valence-electron chi connectivity index (χ1n) is 4.62. The van der Waals surface area contributed by atoms with E-state index in [9.17, 15) is 18.0 Å². The first kappa shape index (κ1) is 12.5. The van der Waals surface area contributed by atoms with Gasteiger partial charge in [0.1, 0.15) is 18.2 Å². The molecule has 18 heavy (non-hydrogen) atoms. The van der Waals surface area contributed by atoms with Crippen molar-refractivity contribution in [2.24, 2.45) is 0 Å². The van der Waals surface area contributed by atoms with E-state index >= 15 is 0 Å². The summed E-state index contributed by atoms with van der Waals surface area (Å²) in [5.74, 6) is -2.11. The third-order valence-corrected chi connectivity index (χ3v) is 3.58. The fourth-order valence-corrected chi connectivity index (χ4v) is 2.58. The van der Waals surface area contributed by atoms with Crippen molar-refractivity contribution in [3.05, 3.63) is 11.8 Å². The summed E-state index contributed by atoms with van der Waals surface area (Å²) in [7, 11) is -4.20. The fourth-order valence-electron chi connectivity index (χ4n) is 1.31. The Morgan fingerprint density at radius 2 is 2.33 bits per heavy atom. The first-order chi connectivity index (χ1) is 8.42. The highest BCUT2D eigenvalue weighted by Crippen LogP contribution is 2.12. The van der Waals surface area contributed by atoms with E-state index in [0.717, 1.165) is 6.20 Å². The van der Waals surface area contributed by atoms with E-state index in [-0.39, 0.29) is 6.61 Å². The van der Waals surface area contributed by atoms with Crippen LogP contribution in [-0.2, 0) is 19.7 Å². The lowest BCUT2D eigenvalue weighted by molar-refractivity contribution is -0.124. The number of carbonyl (C=O) groups is 2. The Balaban J connectivity index is 2.28. The van der Waals surface area contributed by atoms with Crippen molar-refractivity contribution in [1.29, 1.82) is 0 Å². The Bertz CT molecular complexity index is 593. The summed E-state index contributed by atoms with van der Waals surface area (Å²) in [4.78, 5) is 26.5. The van der Waals surface area contributed by atoms with Gasteiger partial charge in [0.05, 0.1) is 6.20 Å². The summed E-state index contributed by atoms with van der Waals surface area (Å²) in [6.07, 6.45) is 0.863. The monoisotopic (exact) mass is 276 g/mol. The third kappa shape index (κ3) is 2.18. The van der Waals surface area contributed by atoms with Gasteiger partial charge in [-0.05, 0) is 0 Å². The second kappa shape index (κ2) is 4.36. The SMILES string of the molecule is O=C(O)c1cn[nH]c1S(=O)(=O)N[C@@H]1CONC1=O. The van der Waals surface area contributed by atoms with Crippen LogP contribution in [-0.4, -0.2) is 48.2 Å². The minimum Gasteiger partial charge on any atom is -0.478 e. The second-order valence-electron chi connectivity index (χ2n) is 3.37.